The van der Waals surface area contributed by atoms with Crippen LogP contribution >= 0.6 is 0 Å². The summed E-state index contributed by atoms with van der Waals surface area (Å²) in [4.78, 5) is 16.9. The fraction of sp³-hybridized carbons (Fsp3) is 0.182. The number of nitrogens with one attached hydrogen (secondary N) is 2. The number of amides is 1. The lowest BCUT2D eigenvalue weighted by atomic mass is 10.1. The molecule has 27 heavy (non-hydrogen) atoms. The molecule has 0 saturated heterocycles. The molecule has 1 amide bonds. The number of benzene rings is 2. The van der Waals surface area contributed by atoms with E-state index in [9.17, 15) is 4.79 Å². The summed E-state index contributed by atoms with van der Waals surface area (Å²) in [7, 11) is 0. The van der Waals surface area contributed by atoms with Crippen molar-refractivity contribution in [3.63, 3.8) is 0 Å². The normalized spacial score (nSPS) is 10.3. The van der Waals surface area contributed by atoms with Gasteiger partial charge in [-0.2, -0.15) is 0 Å². The molecule has 1 aromatic heterocycles. The van der Waals surface area contributed by atoms with Gasteiger partial charge in [-0.3, -0.25) is 9.78 Å². The van der Waals surface area contributed by atoms with Crippen molar-refractivity contribution in [2.24, 2.45) is 0 Å². The van der Waals surface area contributed by atoms with Gasteiger partial charge in [0.25, 0.3) is 5.91 Å². The Morgan fingerprint density at radius 2 is 1.78 bits per heavy atom. The maximum Gasteiger partial charge on any atom is 0.257 e. The van der Waals surface area contributed by atoms with Gasteiger partial charge >= 0.3 is 0 Å². The highest BCUT2D eigenvalue weighted by atomic mass is 16.5. The number of carbonyl (C=O) groups is 1. The lowest BCUT2D eigenvalue weighted by Crippen LogP contribution is -2.13. The van der Waals surface area contributed by atoms with Crippen molar-refractivity contribution in [3.8, 4) is 5.75 Å². The van der Waals surface area contributed by atoms with Gasteiger partial charge in [-0.05, 0) is 50.1 Å². The zero-order chi connectivity index (χ0) is 19.2. The Morgan fingerprint density at radius 1 is 1.04 bits per heavy atom. The number of nitrogens with zero attached hydrogens (tertiary/aromatic N) is 1. The topological polar surface area (TPSA) is 63.2 Å². The smallest absolute Gasteiger partial charge is 0.257 e. The van der Waals surface area contributed by atoms with E-state index < -0.39 is 0 Å². The maximum absolute atomic E-state index is 12.7. The van der Waals surface area contributed by atoms with Crippen LogP contribution < -0.4 is 15.4 Å². The molecule has 5 heteroatoms. The van der Waals surface area contributed by atoms with Gasteiger partial charge in [-0.1, -0.05) is 30.3 Å². The second-order valence-electron chi connectivity index (χ2n) is 6.24. The van der Waals surface area contributed by atoms with Gasteiger partial charge in [0.05, 0.1) is 29.7 Å². The molecular formula is C22H23N3O2. The van der Waals surface area contributed by atoms with E-state index in [4.69, 9.17) is 4.74 Å². The lowest BCUT2D eigenvalue weighted by Gasteiger charge is -2.14. The van der Waals surface area contributed by atoms with Crippen molar-refractivity contribution in [2.45, 2.75) is 20.8 Å². The number of anilines is 3. The van der Waals surface area contributed by atoms with E-state index in [2.05, 4.69) is 15.6 Å². The first kappa shape index (κ1) is 18.5. The number of hydrogen-bond acceptors (Lipinski definition) is 4. The number of rotatable bonds is 6. The van der Waals surface area contributed by atoms with Gasteiger partial charge in [0.1, 0.15) is 5.75 Å². The minimum Gasteiger partial charge on any atom is -0.492 e. The molecule has 0 aliphatic rings. The molecule has 3 aromatic rings. The molecule has 0 aliphatic carbocycles. The van der Waals surface area contributed by atoms with Crippen molar-refractivity contribution >= 4 is 23.0 Å². The Hall–Kier alpha value is -3.34. The third-order valence-electron chi connectivity index (χ3n) is 4.19. The number of pyridine rings is 1. The molecule has 0 bridgehead atoms. The minimum absolute atomic E-state index is 0.236. The molecule has 0 spiro atoms. The van der Waals surface area contributed by atoms with Crippen molar-refractivity contribution in [2.75, 3.05) is 17.2 Å². The quantitative estimate of drug-likeness (QED) is 0.642. The van der Waals surface area contributed by atoms with Gasteiger partial charge in [-0.15, -0.1) is 0 Å². The molecular weight excluding hydrogens is 338 g/mol. The first-order valence-corrected chi connectivity index (χ1v) is 8.90. The third-order valence-corrected chi connectivity index (χ3v) is 4.19. The highest BCUT2D eigenvalue weighted by Crippen LogP contribution is 2.26. The Morgan fingerprint density at radius 3 is 2.52 bits per heavy atom. The summed E-state index contributed by atoms with van der Waals surface area (Å²) in [5.74, 6) is 0.408. The highest BCUT2D eigenvalue weighted by Gasteiger charge is 2.11. The molecule has 138 valence electrons. The van der Waals surface area contributed by atoms with Gasteiger partial charge < -0.3 is 15.4 Å². The number of para-hydroxylation sites is 3. The van der Waals surface area contributed by atoms with Crippen LogP contribution in [0.1, 0.15) is 28.4 Å². The molecule has 0 unspecified atom stereocenters. The minimum atomic E-state index is -0.236. The van der Waals surface area contributed by atoms with Crippen LogP contribution in [0.5, 0.6) is 5.75 Å². The first-order chi connectivity index (χ1) is 13.1. The molecule has 2 N–H and O–H groups in total. The van der Waals surface area contributed by atoms with E-state index >= 15 is 0 Å². The predicted molar refractivity (Wildman–Crippen MR) is 109 cm³/mol. The fourth-order valence-electron chi connectivity index (χ4n) is 2.83. The summed E-state index contributed by atoms with van der Waals surface area (Å²) >= 11 is 0. The van der Waals surface area contributed by atoms with Crippen LogP contribution in [0.15, 0.2) is 60.9 Å². The maximum atomic E-state index is 12.7. The van der Waals surface area contributed by atoms with Crippen molar-refractivity contribution in [1.82, 2.24) is 4.98 Å². The average molecular weight is 361 g/mol. The molecule has 0 saturated carbocycles. The van der Waals surface area contributed by atoms with Crippen LogP contribution in [0, 0.1) is 13.8 Å². The van der Waals surface area contributed by atoms with Crippen molar-refractivity contribution in [3.05, 3.63) is 77.6 Å². The van der Waals surface area contributed by atoms with Gasteiger partial charge in [0, 0.05) is 11.9 Å². The summed E-state index contributed by atoms with van der Waals surface area (Å²) < 4.78 is 5.56. The molecule has 0 atom stereocenters. The number of hydrogen-bond donors (Lipinski definition) is 2. The molecule has 0 radical (unpaired) electrons. The second kappa shape index (κ2) is 8.36. The monoisotopic (exact) mass is 361 g/mol. The molecule has 5 nitrogen and oxygen atoms in total. The number of aryl methyl sites for hydroxylation is 2. The second-order valence-corrected chi connectivity index (χ2v) is 6.24. The number of ether oxygens (including phenoxy) is 1. The predicted octanol–water partition coefficient (Wildman–Crippen LogP) is 5.09. The highest BCUT2D eigenvalue weighted by molar-refractivity contribution is 6.05. The van der Waals surface area contributed by atoms with Crippen molar-refractivity contribution < 1.29 is 9.53 Å². The van der Waals surface area contributed by atoms with Crippen LogP contribution in [-0.4, -0.2) is 17.5 Å². The molecule has 3 rings (SSSR count). The SMILES string of the molecule is CCOc1ccccc1NC(=O)c1cncc(Nc2c(C)cccc2C)c1. The summed E-state index contributed by atoms with van der Waals surface area (Å²) in [6, 6.07) is 15.3. The Balaban J connectivity index is 1.80. The summed E-state index contributed by atoms with van der Waals surface area (Å²) in [6.07, 6.45) is 3.26. The van der Waals surface area contributed by atoms with Gasteiger partial charge in [-0.25, -0.2) is 0 Å². The van der Waals surface area contributed by atoms with E-state index in [1.165, 1.54) is 0 Å². The van der Waals surface area contributed by atoms with E-state index in [1.807, 2.05) is 63.2 Å². The Bertz CT molecular complexity index is 934. The summed E-state index contributed by atoms with van der Waals surface area (Å²) in [5, 5.41) is 6.26. The Kier molecular flexibility index (Phi) is 5.71. The zero-order valence-corrected chi connectivity index (χ0v) is 15.7. The molecule has 0 fully saturated rings. The molecule has 2 aromatic carbocycles. The first-order valence-electron chi connectivity index (χ1n) is 8.90. The van der Waals surface area contributed by atoms with Crippen molar-refractivity contribution in [1.29, 1.82) is 0 Å². The van der Waals surface area contributed by atoms with Crippen LogP contribution in [-0.2, 0) is 0 Å². The zero-order valence-electron chi connectivity index (χ0n) is 15.7. The van der Waals surface area contributed by atoms with E-state index in [-0.39, 0.29) is 5.91 Å². The van der Waals surface area contributed by atoms with E-state index in [1.54, 1.807) is 18.5 Å². The van der Waals surface area contributed by atoms with Gasteiger partial charge in [0.2, 0.25) is 0 Å². The van der Waals surface area contributed by atoms with E-state index in [0.717, 1.165) is 22.5 Å². The fourth-order valence-corrected chi connectivity index (χ4v) is 2.83. The third kappa shape index (κ3) is 4.44. The largest absolute Gasteiger partial charge is 0.492 e. The Labute approximate surface area is 159 Å². The summed E-state index contributed by atoms with van der Waals surface area (Å²) in [6.45, 7) is 6.53. The number of carbonyl (C=O) groups excluding carboxylic acids is 1. The van der Waals surface area contributed by atoms with Crippen LogP contribution in [0.4, 0.5) is 17.1 Å². The summed E-state index contributed by atoms with van der Waals surface area (Å²) in [5.41, 5.74) is 5.16. The standard InChI is InChI=1S/C22H23N3O2/c1-4-27-20-11-6-5-10-19(20)25-22(26)17-12-18(14-23-13-17)24-21-15(2)8-7-9-16(21)3/h5-14,24H,4H2,1-3H3,(H,25,26). The van der Waals surface area contributed by atoms with Gasteiger partial charge in [0.15, 0.2) is 0 Å². The van der Waals surface area contributed by atoms with Crippen LogP contribution in [0.3, 0.4) is 0 Å². The molecule has 1 heterocycles. The molecule has 0 aliphatic heterocycles. The lowest BCUT2D eigenvalue weighted by molar-refractivity contribution is 0.102. The van der Waals surface area contributed by atoms with Crippen LogP contribution in [0.25, 0.3) is 0 Å². The van der Waals surface area contributed by atoms with Crippen LogP contribution in [0.2, 0.25) is 0 Å². The average Bonchev–Trinajstić information content (AvgIpc) is 2.67. The van der Waals surface area contributed by atoms with E-state index in [0.29, 0.717) is 23.6 Å². The number of aromatic nitrogens is 1.